The van der Waals surface area contributed by atoms with Crippen LogP contribution in [-0.4, -0.2) is 44.3 Å². The number of nitrogens with zero attached hydrogens (tertiary/aromatic N) is 1. The second-order valence-corrected chi connectivity index (χ2v) is 5.09. The average Bonchev–Trinajstić information content (AvgIpc) is 2.49. The van der Waals surface area contributed by atoms with Crippen molar-refractivity contribution < 1.29 is 9.13 Å². The molecule has 0 fully saturated rings. The van der Waals surface area contributed by atoms with Gasteiger partial charge in [0.15, 0.2) is 0 Å². The van der Waals surface area contributed by atoms with Crippen molar-refractivity contribution in [3.05, 3.63) is 35.6 Å². The highest BCUT2D eigenvalue weighted by atomic mass is 19.1. The Morgan fingerprint density at radius 1 is 1.24 bits per heavy atom. The van der Waals surface area contributed by atoms with Gasteiger partial charge in [-0.1, -0.05) is 26.0 Å². The van der Waals surface area contributed by atoms with Crippen LogP contribution in [0.5, 0.6) is 0 Å². The predicted octanol–water partition coefficient (Wildman–Crippen LogP) is 3.22. The van der Waals surface area contributed by atoms with E-state index in [0.717, 1.165) is 51.4 Å². The molecule has 0 heterocycles. The first-order valence-electron chi connectivity index (χ1n) is 8.00. The zero-order valence-corrected chi connectivity index (χ0v) is 13.6. The first kappa shape index (κ1) is 18.1. The van der Waals surface area contributed by atoms with Gasteiger partial charge in [-0.3, -0.25) is 0 Å². The predicted molar refractivity (Wildman–Crippen MR) is 86.0 cm³/mol. The molecule has 0 radical (unpaired) electrons. The Kier molecular flexibility index (Phi) is 9.22. The summed E-state index contributed by atoms with van der Waals surface area (Å²) in [7, 11) is 0. The normalized spacial score (nSPS) is 12.8. The van der Waals surface area contributed by atoms with Crippen molar-refractivity contribution in [3.8, 4) is 0 Å². The van der Waals surface area contributed by atoms with Crippen LogP contribution in [0.3, 0.4) is 0 Å². The Hall–Kier alpha value is -0.970. The molecule has 120 valence electrons. The number of hydrogen-bond acceptors (Lipinski definition) is 3. The van der Waals surface area contributed by atoms with Crippen molar-refractivity contribution in [2.24, 2.45) is 0 Å². The maximum atomic E-state index is 13.4. The van der Waals surface area contributed by atoms with E-state index in [1.165, 1.54) is 6.07 Å². The summed E-state index contributed by atoms with van der Waals surface area (Å²) in [6.07, 6.45) is 0.970. The minimum Gasteiger partial charge on any atom is -0.380 e. The van der Waals surface area contributed by atoms with Gasteiger partial charge in [0.2, 0.25) is 0 Å². The van der Waals surface area contributed by atoms with E-state index in [4.69, 9.17) is 4.74 Å². The lowest BCUT2D eigenvalue weighted by Crippen LogP contribution is -2.32. The Balaban J connectivity index is 2.53. The Morgan fingerprint density at radius 3 is 2.67 bits per heavy atom. The number of rotatable bonds is 11. The van der Waals surface area contributed by atoms with E-state index >= 15 is 0 Å². The third-order valence-corrected chi connectivity index (χ3v) is 3.64. The molecule has 1 aromatic carbocycles. The molecule has 3 nitrogen and oxygen atoms in total. The van der Waals surface area contributed by atoms with Gasteiger partial charge in [-0.25, -0.2) is 4.39 Å². The molecule has 1 rings (SSSR count). The van der Waals surface area contributed by atoms with Crippen molar-refractivity contribution >= 4 is 0 Å². The van der Waals surface area contributed by atoms with E-state index in [2.05, 4.69) is 24.1 Å². The van der Waals surface area contributed by atoms with Crippen molar-refractivity contribution in [2.45, 2.75) is 33.2 Å². The minimum absolute atomic E-state index is 0.168. The van der Waals surface area contributed by atoms with Gasteiger partial charge in [0, 0.05) is 25.7 Å². The maximum Gasteiger partial charge on any atom is 0.123 e. The second kappa shape index (κ2) is 10.7. The molecule has 0 spiro atoms. The lowest BCUT2D eigenvalue weighted by molar-refractivity contribution is 0.113. The van der Waals surface area contributed by atoms with Gasteiger partial charge in [-0.2, -0.15) is 0 Å². The van der Waals surface area contributed by atoms with Crippen LogP contribution in [0.15, 0.2) is 24.3 Å². The lowest BCUT2D eigenvalue weighted by atomic mass is 10.0. The van der Waals surface area contributed by atoms with E-state index in [1.54, 1.807) is 12.1 Å². The van der Waals surface area contributed by atoms with Gasteiger partial charge in [-0.15, -0.1) is 0 Å². The van der Waals surface area contributed by atoms with Gasteiger partial charge in [0.1, 0.15) is 5.82 Å². The molecule has 0 aromatic heterocycles. The third-order valence-electron chi connectivity index (χ3n) is 3.64. The van der Waals surface area contributed by atoms with Crippen molar-refractivity contribution in [3.63, 3.8) is 0 Å². The molecule has 0 aliphatic carbocycles. The fourth-order valence-corrected chi connectivity index (χ4v) is 2.43. The van der Waals surface area contributed by atoms with Gasteiger partial charge >= 0.3 is 0 Å². The van der Waals surface area contributed by atoms with Gasteiger partial charge in [-0.05, 0) is 44.1 Å². The van der Waals surface area contributed by atoms with Crippen LogP contribution in [0, 0.1) is 5.82 Å². The zero-order valence-electron chi connectivity index (χ0n) is 13.6. The molecular weight excluding hydrogens is 267 g/mol. The fraction of sp³-hybridized carbons (Fsp3) is 0.647. The highest BCUT2D eigenvalue weighted by Crippen LogP contribution is 2.18. The highest BCUT2D eigenvalue weighted by molar-refractivity contribution is 5.20. The van der Waals surface area contributed by atoms with E-state index in [9.17, 15) is 4.39 Å². The summed E-state index contributed by atoms with van der Waals surface area (Å²) in [5.74, 6) is -0.168. The molecule has 1 N–H and O–H groups in total. The van der Waals surface area contributed by atoms with E-state index < -0.39 is 0 Å². The Labute approximate surface area is 128 Å². The lowest BCUT2D eigenvalue weighted by Gasteiger charge is -2.24. The maximum absolute atomic E-state index is 13.4. The molecule has 1 atom stereocenters. The number of benzene rings is 1. The molecule has 0 aliphatic rings. The summed E-state index contributed by atoms with van der Waals surface area (Å²) in [5.41, 5.74) is 1.03. The quantitative estimate of drug-likeness (QED) is 0.635. The van der Waals surface area contributed by atoms with Gasteiger partial charge in [0.25, 0.3) is 0 Å². The van der Waals surface area contributed by atoms with Crippen LogP contribution in [0.1, 0.15) is 38.8 Å². The van der Waals surface area contributed by atoms with Crippen molar-refractivity contribution in [2.75, 3.05) is 39.4 Å². The number of halogens is 1. The molecule has 0 bridgehead atoms. The first-order valence-corrected chi connectivity index (χ1v) is 8.00. The van der Waals surface area contributed by atoms with Crippen LogP contribution in [0.4, 0.5) is 4.39 Å². The fourth-order valence-electron chi connectivity index (χ4n) is 2.43. The van der Waals surface area contributed by atoms with Crippen LogP contribution in [-0.2, 0) is 4.74 Å². The largest absolute Gasteiger partial charge is 0.380 e. The molecule has 1 unspecified atom stereocenters. The van der Waals surface area contributed by atoms with Crippen LogP contribution in [0.2, 0.25) is 0 Å². The summed E-state index contributed by atoms with van der Waals surface area (Å²) in [6, 6.07) is 7.09. The second-order valence-electron chi connectivity index (χ2n) is 5.09. The standard InChI is InChI=1S/C17H29FN2O/c1-4-19-17(15-8-7-9-16(18)14-15)10-11-20(5-2)12-13-21-6-3/h7-9,14,17,19H,4-6,10-13H2,1-3H3. The summed E-state index contributed by atoms with van der Waals surface area (Å²) in [5, 5.41) is 3.45. The number of hydrogen-bond donors (Lipinski definition) is 1. The van der Waals surface area contributed by atoms with Crippen LogP contribution < -0.4 is 5.32 Å². The average molecular weight is 296 g/mol. The summed E-state index contributed by atoms with van der Waals surface area (Å²) in [4.78, 5) is 2.37. The zero-order chi connectivity index (χ0) is 15.5. The number of likely N-dealkylation sites (N-methyl/N-ethyl adjacent to an activating group) is 1. The van der Waals surface area contributed by atoms with Crippen LogP contribution >= 0.6 is 0 Å². The highest BCUT2D eigenvalue weighted by Gasteiger charge is 2.12. The van der Waals surface area contributed by atoms with Gasteiger partial charge < -0.3 is 15.0 Å². The van der Waals surface area contributed by atoms with E-state index in [1.807, 2.05) is 13.0 Å². The Morgan fingerprint density at radius 2 is 2.05 bits per heavy atom. The number of ether oxygens (including phenoxy) is 1. The topological polar surface area (TPSA) is 24.5 Å². The van der Waals surface area contributed by atoms with E-state index in [0.29, 0.717) is 0 Å². The Bertz CT molecular complexity index is 387. The van der Waals surface area contributed by atoms with Crippen LogP contribution in [0.25, 0.3) is 0 Å². The number of nitrogens with one attached hydrogen (secondary N) is 1. The molecule has 21 heavy (non-hydrogen) atoms. The van der Waals surface area contributed by atoms with E-state index in [-0.39, 0.29) is 11.9 Å². The monoisotopic (exact) mass is 296 g/mol. The third kappa shape index (κ3) is 7.02. The minimum atomic E-state index is -0.168. The first-order chi connectivity index (χ1) is 10.2. The molecule has 4 heteroatoms. The van der Waals surface area contributed by atoms with Crippen molar-refractivity contribution in [1.29, 1.82) is 0 Å². The summed E-state index contributed by atoms with van der Waals surface area (Å²) < 4.78 is 18.8. The molecule has 0 aliphatic heterocycles. The molecule has 0 saturated carbocycles. The summed E-state index contributed by atoms with van der Waals surface area (Å²) >= 11 is 0. The molecule has 1 aromatic rings. The molecule has 0 amide bonds. The SMILES string of the molecule is CCNC(CCN(CC)CCOCC)c1cccc(F)c1. The molecule has 0 saturated heterocycles. The molecular formula is C17H29FN2O. The smallest absolute Gasteiger partial charge is 0.123 e. The summed E-state index contributed by atoms with van der Waals surface area (Å²) in [6.45, 7) is 11.6. The van der Waals surface area contributed by atoms with Gasteiger partial charge in [0.05, 0.1) is 6.61 Å². The van der Waals surface area contributed by atoms with Crippen molar-refractivity contribution in [1.82, 2.24) is 10.2 Å².